The van der Waals surface area contributed by atoms with Crippen molar-refractivity contribution >= 4 is 59.0 Å². The Morgan fingerprint density at radius 1 is 0.387 bits per heavy atom. The summed E-state index contributed by atoms with van der Waals surface area (Å²) in [5.41, 5.74) is -13.6. The molecule has 1 aromatic heterocycles. The van der Waals surface area contributed by atoms with Gasteiger partial charge < -0.3 is 0 Å². The van der Waals surface area contributed by atoms with Crippen molar-refractivity contribution in [1.82, 2.24) is 0 Å². The lowest BCUT2D eigenvalue weighted by Gasteiger charge is -2.44. The highest BCUT2D eigenvalue weighted by Crippen LogP contribution is 2.30. The normalized spacial score (nSPS) is 11.5. The monoisotopic (exact) mass is 941 g/mol. The number of carbonyl (C=O) groups is 1. The second kappa shape index (κ2) is 17.6. The van der Waals surface area contributed by atoms with Gasteiger partial charge in [0.15, 0.2) is 82.2 Å². The Morgan fingerprint density at radius 2 is 0.613 bits per heavy atom. The standard InChI is InChI=1S/C24BF20.C13H11NOS2/c26-5-1(6(27)14(35)21(42)13(5)34)25(2-7(28)15(36)22(43)16(37)8(2)29,3-9(30)17(38)23(44)18(39)10(3)31)4-11(32)19(40)24(45)20(41)12(4)33;15-13(10-4-2-1-3-5-10)9-14-7-11(16)6-12(17)8-14/h;1-8H,9H2,(H-,16,17)/q-1;/p+1. The molecule has 5 aromatic carbocycles. The van der Waals surface area contributed by atoms with Crippen LogP contribution in [0.25, 0.3) is 0 Å². The topological polar surface area (TPSA) is 20.9 Å². The van der Waals surface area contributed by atoms with E-state index in [0.717, 1.165) is 9.79 Å². The highest BCUT2D eigenvalue weighted by atomic mass is 32.1. The molecular weight excluding hydrogens is 929 g/mol. The van der Waals surface area contributed by atoms with Crippen molar-refractivity contribution in [2.24, 2.45) is 0 Å². The van der Waals surface area contributed by atoms with Crippen LogP contribution in [0, 0.1) is 116 Å². The summed E-state index contributed by atoms with van der Waals surface area (Å²) in [6, 6.07) is 11.1. The minimum Gasteiger partial charge on any atom is -0.287 e. The first kappa shape index (κ1) is 47.3. The first-order valence-electron chi connectivity index (χ1n) is 16.1. The third-order valence-corrected chi connectivity index (χ3v) is 9.51. The van der Waals surface area contributed by atoms with E-state index >= 15 is 35.1 Å². The van der Waals surface area contributed by atoms with E-state index in [4.69, 9.17) is 0 Å². The molecule has 0 aliphatic rings. The molecule has 0 N–H and O–H groups in total. The summed E-state index contributed by atoms with van der Waals surface area (Å²) >= 11 is 8.51. The first-order valence-corrected chi connectivity index (χ1v) is 17.0. The molecule has 0 fully saturated rings. The molecule has 0 aliphatic carbocycles. The fourth-order valence-corrected chi connectivity index (χ4v) is 7.13. The molecule has 0 atom stereocenters. The van der Waals surface area contributed by atoms with E-state index in [1.807, 2.05) is 48.8 Å². The van der Waals surface area contributed by atoms with Gasteiger partial charge in [0.25, 0.3) is 0 Å². The molecule has 0 radical (unpaired) electrons. The lowest BCUT2D eigenvalue weighted by molar-refractivity contribution is -0.686. The number of thiol groups is 2. The number of Topliss-reactive ketones (excluding diaryl/α,β-unsaturated/α-hetero) is 1. The maximum Gasteiger partial charge on any atom is 0.227 e. The molecule has 0 amide bonds. The van der Waals surface area contributed by atoms with E-state index in [9.17, 15) is 57.5 Å². The van der Waals surface area contributed by atoms with Crippen molar-refractivity contribution in [3.05, 3.63) is 171 Å². The molecule has 62 heavy (non-hydrogen) atoms. The highest BCUT2D eigenvalue weighted by Gasteiger charge is 2.52. The summed E-state index contributed by atoms with van der Waals surface area (Å²) in [6.45, 7) is 0.298. The second-order valence-corrected chi connectivity index (χ2v) is 13.5. The smallest absolute Gasteiger partial charge is 0.227 e. The van der Waals surface area contributed by atoms with Crippen LogP contribution in [0.15, 0.2) is 58.6 Å². The van der Waals surface area contributed by atoms with Crippen LogP contribution in [0.1, 0.15) is 10.4 Å². The predicted octanol–water partition coefficient (Wildman–Crippen LogP) is 8.28. The van der Waals surface area contributed by atoms with Crippen molar-refractivity contribution in [2.45, 2.75) is 16.3 Å². The largest absolute Gasteiger partial charge is 0.287 e. The number of pyridine rings is 1. The Bertz CT molecular complexity index is 2430. The molecular formula is C37H12BF20NOS2. The van der Waals surface area contributed by atoms with Gasteiger partial charge in [-0.15, -0.1) is 47.1 Å². The second-order valence-electron chi connectivity index (χ2n) is 12.5. The average Bonchev–Trinajstić information content (AvgIpc) is 3.23. The van der Waals surface area contributed by atoms with Crippen molar-refractivity contribution < 1.29 is 97.2 Å². The van der Waals surface area contributed by atoms with Crippen LogP contribution >= 0.6 is 25.3 Å². The zero-order valence-electron chi connectivity index (χ0n) is 29.2. The Kier molecular flexibility index (Phi) is 13.4. The molecule has 6 aromatic rings. The summed E-state index contributed by atoms with van der Waals surface area (Å²) in [5.74, 6) is -71.3. The minimum absolute atomic E-state index is 0.0715. The molecule has 0 bridgehead atoms. The van der Waals surface area contributed by atoms with Crippen LogP contribution in [-0.2, 0) is 6.54 Å². The Labute approximate surface area is 342 Å². The van der Waals surface area contributed by atoms with Gasteiger partial charge in [0, 0.05) is 5.56 Å². The number of halogens is 20. The third-order valence-electron chi connectivity index (χ3n) is 9.02. The number of benzene rings is 5. The number of hydrogen-bond acceptors (Lipinski definition) is 3. The van der Waals surface area contributed by atoms with Crippen molar-refractivity contribution in [3.63, 3.8) is 0 Å². The van der Waals surface area contributed by atoms with Gasteiger partial charge in [-0.3, -0.25) is 4.79 Å². The SMILES string of the molecule is Fc1c(F)c(F)c([B-](c2c(F)c(F)c(F)c(F)c2F)(c2c(F)c(F)c(F)c(F)c2F)c2c(F)c(F)c(F)c(F)c2F)c(F)c1F.O=C(C[n+]1cc(S)cc(S)c1)c1ccccc1. The maximum atomic E-state index is 15.4. The number of carbonyl (C=O) groups excluding carboxylic acids is 1. The number of aromatic nitrogens is 1. The first-order chi connectivity index (χ1) is 28.8. The third kappa shape index (κ3) is 7.61. The molecule has 25 heteroatoms. The lowest BCUT2D eigenvalue weighted by Crippen LogP contribution is -2.81. The van der Waals surface area contributed by atoms with E-state index < -0.39 is 144 Å². The maximum absolute atomic E-state index is 15.4. The van der Waals surface area contributed by atoms with Crippen molar-refractivity contribution in [3.8, 4) is 0 Å². The molecule has 0 saturated carbocycles. The molecule has 0 spiro atoms. The van der Waals surface area contributed by atoms with Gasteiger partial charge in [0.1, 0.15) is 52.7 Å². The fourth-order valence-electron chi connectivity index (χ4n) is 6.45. The fraction of sp³-hybridized carbons (Fsp3) is 0.0270. The summed E-state index contributed by atoms with van der Waals surface area (Å²) in [6.07, 6.45) is -3.60. The quantitative estimate of drug-likeness (QED) is 0.0315. The molecule has 0 unspecified atom stereocenters. The molecule has 6 rings (SSSR count). The summed E-state index contributed by atoms with van der Waals surface area (Å²) < 4.78 is 296. The van der Waals surface area contributed by atoms with Crippen molar-refractivity contribution in [2.75, 3.05) is 0 Å². The minimum atomic E-state index is -7.22. The predicted molar refractivity (Wildman–Crippen MR) is 181 cm³/mol. The van der Waals surface area contributed by atoms with E-state index in [1.165, 1.54) is 0 Å². The Hall–Kier alpha value is -5.72. The number of nitrogens with zero attached hydrogens (tertiary/aromatic N) is 1. The van der Waals surface area contributed by atoms with Gasteiger partial charge in [0.05, 0.1) is 9.79 Å². The zero-order valence-corrected chi connectivity index (χ0v) is 31.0. The van der Waals surface area contributed by atoms with E-state index in [0.29, 0.717) is 12.1 Å². The number of hydrogen-bond donors (Lipinski definition) is 2. The molecule has 0 saturated heterocycles. The summed E-state index contributed by atoms with van der Waals surface area (Å²) in [7, 11) is 0. The van der Waals surface area contributed by atoms with Crippen LogP contribution in [-0.4, -0.2) is 11.9 Å². The summed E-state index contributed by atoms with van der Waals surface area (Å²) in [4.78, 5) is 13.5. The van der Waals surface area contributed by atoms with Crippen LogP contribution in [0.2, 0.25) is 0 Å². The van der Waals surface area contributed by atoms with E-state index in [-0.39, 0.29) is 5.78 Å². The average molecular weight is 941 g/mol. The van der Waals surface area contributed by atoms with Crippen LogP contribution < -0.4 is 26.4 Å². The number of ketones is 1. The summed E-state index contributed by atoms with van der Waals surface area (Å²) in [5, 5.41) is 0. The Morgan fingerprint density at radius 3 is 0.855 bits per heavy atom. The molecule has 1 heterocycles. The molecule has 326 valence electrons. The highest BCUT2D eigenvalue weighted by molar-refractivity contribution is 7.81. The molecule has 2 nitrogen and oxygen atoms in total. The van der Waals surface area contributed by atoms with Gasteiger partial charge in [-0.2, -0.15) is 4.57 Å². The van der Waals surface area contributed by atoms with E-state index in [1.54, 1.807) is 4.57 Å². The van der Waals surface area contributed by atoms with Gasteiger partial charge in [-0.05, 0) is 6.07 Å². The van der Waals surface area contributed by atoms with Gasteiger partial charge in [-0.1, -0.05) is 30.3 Å². The van der Waals surface area contributed by atoms with E-state index in [2.05, 4.69) is 25.3 Å². The number of rotatable bonds is 7. The lowest BCUT2D eigenvalue weighted by atomic mass is 9.12. The van der Waals surface area contributed by atoms with Crippen LogP contribution in [0.4, 0.5) is 87.8 Å². The van der Waals surface area contributed by atoms with Gasteiger partial charge >= 0.3 is 0 Å². The zero-order chi connectivity index (χ0) is 46.6. The van der Waals surface area contributed by atoms with Gasteiger partial charge in [-0.25, -0.2) is 87.8 Å². The van der Waals surface area contributed by atoms with Gasteiger partial charge in [0.2, 0.25) is 12.3 Å². The van der Waals surface area contributed by atoms with Crippen LogP contribution in [0.3, 0.4) is 0 Å². The molecule has 0 aliphatic heterocycles. The Balaban J connectivity index is 0.000000355. The van der Waals surface area contributed by atoms with Crippen LogP contribution in [0.5, 0.6) is 0 Å². The van der Waals surface area contributed by atoms with Crippen molar-refractivity contribution in [1.29, 1.82) is 0 Å².